The number of aryl methyl sites for hydroxylation is 1. The van der Waals surface area contributed by atoms with Crippen molar-refractivity contribution < 1.29 is 9.13 Å². The number of methoxy groups -OCH3 is 1. The van der Waals surface area contributed by atoms with E-state index in [1.165, 1.54) is 6.07 Å². The van der Waals surface area contributed by atoms with E-state index in [-0.39, 0.29) is 5.82 Å². The third-order valence-electron chi connectivity index (χ3n) is 2.06. The first-order chi connectivity index (χ1) is 5.66. The van der Waals surface area contributed by atoms with Gasteiger partial charge in [-0.3, -0.25) is 0 Å². The first kappa shape index (κ1) is 9.20. The van der Waals surface area contributed by atoms with Crippen molar-refractivity contribution in [3.63, 3.8) is 0 Å². The summed E-state index contributed by atoms with van der Waals surface area (Å²) in [5.74, 6) is -0.160. The highest BCUT2D eigenvalue weighted by Crippen LogP contribution is 2.17. The van der Waals surface area contributed by atoms with Gasteiger partial charge < -0.3 is 4.74 Å². The Morgan fingerprint density at radius 2 is 2.00 bits per heavy atom. The van der Waals surface area contributed by atoms with Crippen LogP contribution in [0.5, 0.6) is 0 Å². The quantitative estimate of drug-likeness (QED) is 0.659. The maximum atomic E-state index is 13.0. The topological polar surface area (TPSA) is 9.23 Å². The largest absolute Gasteiger partial charge is 0.380 e. The molecule has 0 aliphatic carbocycles. The van der Waals surface area contributed by atoms with Crippen LogP contribution in [0.2, 0.25) is 0 Å². The Morgan fingerprint density at radius 3 is 2.58 bits per heavy atom. The van der Waals surface area contributed by atoms with Gasteiger partial charge in [0.05, 0.1) is 6.61 Å². The number of benzene rings is 1. The predicted octanol–water partition coefficient (Wildman–Crippen LogP) is 2.59. The van der Waals surface area contributed by atoms with E-state index in [1.807, 2.05) is 6.92 Å². The second-order valence-corrected chi connectivity index (χ2v) is 2.90. The second-order valence-electron chi connectivity index (χ2n) is 2.90. The van der Waals surface area contributed by atoms with Crippen molar-refractivity contribution in [3.05, 3.63) is 34.6 Å². The van der Waals surface area contributed by atoms with Crippen LogP contribution in [-0.2, 0) is 11.3 Å². The van der Waals surface area contributed by atoms with Crippen molar-refractivity contribution in [1.82, 2.24) is 0 Å². The Labute approximate surface area is 72.2 Å². The van der Waals surface area contributed by atoms with Crippen LogP contribution in [0.15, 0.2) is 12.1 Å². The van der Waals surface area contributed by atoms with E-state index < -0.39 is 0 Å². The standard InChI is InChI=1S/C10H13FO/c1-7-4-5-10(11)8(2)9(7)6-12-3/h4-5H,6H2,1-3H3. The average molecular weight is 168 g/mol. The van der Waals surface area contributed by atoms with Gasteiger partial charge in [-0.05, 0) is 36.6 Å². The number of rotatable bonds is 2. The fourth-order valence-electron chi connectivity index (χ4n) is 1.23. The Morgan fingerprint density at radius 1 is 1.33 bits per heavy atom. The summed E-state index contributed by atoms with van der Waals surface area (Å²) in [6, 6.07) is 3.26. The van der Waals surface area contributed by atoms with Crippen LogP contribution in [-0.4, -0.2) is 7.11 Å². The Hall–Kier alpha value is -0.890. The van der Waals surface area contributed by atoms with Gasteiger partial charge in [0.15, 0.2) is 0 Å². The van der Waals surface area contributed by atoms with Crippen molar-refractivity contribution >= 4 is 0 Å². The van der Waals surface area contributed by atoms with Crippen LogP contribution in [0.4, 0.5) is 4.39 Å². The Kier molecular flexibility index (Phi) is 2.82. The molecule has 1 nitrogen and oxygen atoms in total. The minimum Gasteiger partial charge on any atom is -0.380 e. The highest BCUT2D eigenvalue weighted by molar-refractivity contribution is 5.33. The minimum atomic E-state index is -0.160. The molecule has 66 valence electrons. The zero-order chi connectivity index (χ0) is 9.14. The molecule has 0 radical (unpaired) electrons. The van der Waals surface area contributed by atoms with Crippen molar-refractivity contribution in [2.24, 2.45) is 0 Å². The van der Waals surface area contributed by atoms with Crippen molar-refractivity contribution in [2.45, 2.75) is 20.5 Å². The summed E-state index contributed by atoms with van der Waals surface area (Å²) >= 11 is 0. The van der Waals surface area contributed by atoms with Gasteiger partial charge >= 0.3 is 0 Å². The van der Waals surface area contributed by atoms with E-state index in [0.29, 0.717) is 12.2 Å². The van der Waals surface area contributed by atoms with E-state index in [2.05, 4.69) is 0 Å². The van der Waals surface area contributed by atoms with Gasteiger partial charge in [-0.15, -0.1) is 0 Å². The van der Waals surface area contributed by atoms with E-state index in [1.54, 1.807) is 20.1 Å². The van der Waals surface area contributed by atoms with Gasteiger partial charge in [0.1, 0.15) is 5.82 Å². The van der Waals surface area contributed by atoms with Gasteiger partial charge in [0, 0.05) is 7.11 Å². The monoisotopic (exact) mass is 168 g/mol. The normalized spacial score (nSPS) is 10.3. The molecule has 0 N–H and O–H groups in total. The first-order valence-electron chi connectivity index (χ1n) is 3.90. The summed E-state index contributed by atoms with van der Waals surface area (Å²) in [5.41, 5.74) is 2.73. The van der Waals surface area contributed by atoms with Gasteiger partial charge in [-0.1, -0.05) is 6.07 Å². The predicted molar refractivity (Wildman–Crippen MR) is 46.6 cm³/mol. The van der Waals surface area contributed by atoms with E-state index >= 15 is 0 Å². The fourth-order valence-corrected chi connectivity index (χ4v) is 1.23. The van der Waals surface area contributed by atoms with E-state index in [4.69, 9.17) is 4.74 Å². The molecule has 0 atom stereocenters. The van der Waals surface area contributed by atoms with Crippen LogP contribution < -0.4 is 0 Å². The zero-order valence-electron chi connectivity index (χ0n) is 7.65. The second kappa shape index (κ2) is 3.68. The Balaban J connectivity index is 3.14. The summed E-state index contributed by atoms with van der Waals surface area (Å²) < 4.78 is 18.0. The lowest BCUT2D eigenvalue weighted by atomic mass is 10.0. The lowest BCUT2D eigenvalue weighted by Crippen LogP contribution is -1.97. The smallest absolute Gasteiger partial charge is 0.126 e. The lowest BCUT2D eigenvalue weighted by Gasteiger charge is -2.08. The summed E-state index contributed by atoms with van der Waals surface area (Å²) in [6.45, 7) is 4.22. The molecule has 0 aromatic heterocycles. The molecule has 0 saturated heterocycles. The molecule has 2 heteroatoms. The SMILES string of the molecule is COCc1c(C)ccc(F)c1C. The summed E-state index contributed by atoms with van der Waals surface area (Å²) in [7, 11) is 1.61. The molecular formula is C10H13FO. The molecule has 0 aliphatic heterocycles. The molecule has 0 fully saturated rings. The van der Waals surface area contributed by atoms with Crippen molar-refractivity contribution in [1.29, 1.82) is 0 Å². The third-order valence-corrected chi connectivity index (χ3v) is 2.06. The molecule has 0 unspecified atom stereocenters. The van der Waals surface area contributed by atoms with Crippen molar-refractivity contribution in [2.75, 3.05) is 7.11 Å². The fraction of sp³-hybridized carbons (Fsp3) is 0.400. The number of halogens is 1. The lowest BCUT2D eigenvalue weighted by molar-refractivity contribution is 0.183. The molecule has 1 rings (SSSR count). The molecule has 0 aliphatic rings. The maximum absolute atomic E-state index is 13.0. The molecular weight excluding hydrogens is 155 g/mol. The zero-order valence-corrected chi connectivity index (χ0v) is 7.65. The Bertz CT molecular complexity index is 281. The number of hydrogen-bond acceptors (Lipinski definition) is 1. The van der Waals surface area contributed by atoms with Gasteiger partial charge in [0.2, 0.25) is 0 Å². The van der Waals surface area contributed by atoms with Gasteiger partial charge in [-0.2, -0.15) is 0 Å². The molecule has 12 heavy (non-hydrogen) atoms. The van der Waals surface area contributed by atoms with Crippen molar-refractivity contribution in [3.8, 4) is 0 Å². The molecule has 0 spiro atoms. The molecule has 0 saturated carbocycles. The van der Waals surface area contributed by atoms with Gasteiger partial charge in [-0.25, -0.2) is 4.39 Å². The highest BCUT2D eigenvalue weighted by atomic mass is 19.1. The molecule has 0 bridgehead atoms. The number of hydrogen-bond donors (Lipinski definition) is 0. The molecule has 1 aromatic carbocycles. The van der Waals surface area contributed by atoms with Crippen LogP contribution in [0.1, 0.15) is 16.7 Å². The summed E-state index contributed by atoms with van der Waals surface area (Å²) in [6.07, 6.45) is 0. The van der Waals surface area contributed by atoms with Crippen LogP contribution in [0.25, 0.3) is 0 Å². The molecule has 1 aromatic rings. The van der Waals surface area contributed by atoms with Gasteiger partial charge in [0.25, 0.3) is 0 Å². The number of ether oxygens (including phenoxy) is 1. The maximum Gasteiger partial charge on any atom is 0.126 e. The molecule has 0 heterocycles. The first-order valence-corrected chi connectivity index (χ1v) is 3.90. The third kappa shape index (κ3) is 1.64. The highest BCUT2D eigenvalue weighted by Gasteiger charge is 2.05. The molecule has 0 amide bonds. The van der Waals surface area contributed by atoms with E-state index in [0.717, 1.165) is 11.1 Å². The van der Waals surface area contributed by atoms with Crippen LogP contribution >= 0.6 is 0 Å². The average Bonchev–Trinajstić information content (AvgIpc) is 2.06. The minimum absolute atomic E-state index is 0.160. The van der Waals surface area contributed by atoms with Crippen LogP contribution in [0.3, 0.4) is 0 Å². The van der Waals surface area contributed by atoms with E-state index in [9.17, 15) is 4.39 Å². The summed E-state index contributed by atoms with van der Waals surface area (Å²) in [5, 5.41) is 0. The van der Waals surface area contributed by atoms with Crippen LogP contribution in [0, 0.1) is 19.7 Å². The summed E-state index contributed by atoms with van der Waals surface area (Å²) in [4.78, 5) is 0.